The summed E-state index contributed by atoms with van der Waals surface area (Å²) >= 11 is 0. The van der Waals surface area contributed by atoms with Crippen LogP contribution in [0.5, 0.6) is 0 Å². The lowest BCUT2D eigenvalue weighted by molar-refractivity contribution is 0.140. The van der Waals surface area contributed by atoms with Crippen LogP contribution in [0, 0.1) is 35.3 Å². The van der Waals surface area contributed by atoms with Crippen molar-refractivity contribution in [3.05, 3.63) is 35.4 Å². The smallest absolute Gasteiger partial charge is 0.162 e. The summed E-state index contributed by atoms with van der Waals surface area (Å²) in [6.45, 7) is 2.32. The Kier molecular flexibility index (Phi) is 8.15. The quantitative estimate of drug-likeness (QED) is 0.402. The van der Waals surface area contributed by atoms with Crippen LogP contribution >= 0.6 is 0 Å². The molecule has 0 saturated heterocycles. The summed E-state index contributed by atoms with van der Waals surface area (Å²) in [5.74, 6) is 2.53. The first kappa shape index (κ1) is 20.8. The number of unbranched alkanes of at least 4 members (excludes halogenated alkanes) is 1. The molecular formula is C25H38F2. The second-order valence-electron chi connectivity index (χ2n) is 9.31. The molecule has 0 heterocycles. The van der Waals surface area contributed by atoms with Gasteiger partial charge in [0.25, 0.3) is 0 Å². The fourth-order valence-corrected chi connectivity index (χ4v) is 5.79. The summed E-state index contributed by atoms with van der Waals surface area (Å²) in [4.78, 5) is 0. The van der Waals surface area contributed by atoms with Crippen LogP contribution in [-0.4, -0.2) is 0 Å². The van der Waals surface area contributed by atoms with Crippen molar-refractivity contribution in [1.29, 1.82) is 0 Å². The topological polar surface area (TPSA) is 0 Å². The van der Waals surface area contributed by atoms with Gasteiger partial charge in [-0.2, -0.15) is 0 Å². The number of halogens is 2. The minimum atomic E-state index is -0.713. The van der Waals surface area contributed by atoms with Crippen LogP contribution in [0.15, 0.2) is 18.2 Å². The van der Waals surface area contributed by atoms with Gasteiger partial charge in [-0.3, -0.25) is 0 Å². The summed E-state index contributed by atoms with van der Waals surface area (Å²) in [6, 6.07) is 4.54. The third-order valence-electron chi connectivity index (χ3n) is 7.49. The average molecular weight is 377 g/mol. The standard InChI is InChI=1S/C25H38F2/c1-2-6-19-11-15-21(16-12-19)22-17-13-20(14-18-22)7-3-4-8-23-9-5-10-24(26)25(23)27/h5,9-10,19-22H,2-4,6-8,11-18H2,1H3/t19-,20?,21-,22?. The zero-order valence-corrected chi connectivity index (χ0v) is 17.2. The van der Waals surface area contributed by atoms with Crippen molar-refractivity contribution in [3.8, 4) is 0 Å². The summed E-state index contributed by atoms with van der Waals surface area (Å²) in [7, 11) is 0. The van der Waals surface area contributed by atoms with Crippen LogP contribution in [0.3, 0.4) is 0 Å². The van der Waals surface area contributed by atoms with Crippen molar-refractivity contribution in [3.63, 3.8) is 0 Å². The van der Waals surface area contributed by atoms with Crippen molar-refractivity contribution < 1.29 is 8.78 Å². The summed E-state index contributed by atoms with van der Waals surface area (Å²) in [6.07, 6.45) is 18.5. The molecule has 2 aliphatic rings. The van der Waals surface area contributed by atoms with Crippen molar-refractivity contribution in [2.24, 2.45) is 23.7 Å². The van der Waals surface area contributed by atoms with E-state index in [9.17, 15) is 8.78 Å². The Morgan fingerprint density at radius 2 is 1.37 bits per heavy atom. The SMILES string of the molecule is CCC[C@H]1CC[C@H](C2CCC(CCCCc3cccc(F)c3F)CC2)CC1. The van der Waals surface area contributed by atoms with Crippen LogP contribution < -0.4 is 0 Å². The Balaban J connectivity index is 1.30. The molecule has 0 atom stereocenters. The van der Waals surface area contributed by atoms with Gasteiger partial charge in [-0.25, -0.2) is 8.78 Å². The lowest BCUT2D eigenvalue weighted by Crippen LogP contribution is -2.25. The molecule has 1 aromatic rings. The van der Waals surface area contributed by atoms with Crippen molar-refractivity contribution in [2.75, 3.05) is 0 Å². The molecule has 0 radical (unpaired) electrons. The molecule has 1 aromatic carbocycles. The van der Waals surface area contributed by atoms with Crippen LogP contribution in [0.2, 0.25) is 0 Å². The molecule has 2 fully saturated rings. The molecule has 0 nitrogen and oxygen atoms in total. The predicted octanol–water partition coefficient (Wildman–Crippen LogP) is 8.09. The molecule has 27 heavy (non-hydrogen) atoms. The number of rotatable bonds is 8. The fourth-order valence-electron chi connectivity index (χ4n) is 5.79. The molecule has 0 N–H and O–H groups in total. The zero-order chi connectivity index (χ0) is 19.1. The maximum absolute atomic E-state index is 13.7. The fraction of sp³-hybridized carbons (Fsp3) is 0.760. The number of hydrogen-bond acceptors (Lipinski definition) is 0. The molecule has 0 bridgehead atoms. The first-order chi connectivity index (χ1) is 13.2. The molecule has 3 rings (SSSR count). The molecule has 2 heteroatoms. The minimum Gasteiger partial charge on any atom is -0.204 e. The van der Waals surface area contributed by atoms with E-state index >= 15 is 0 Å². The molecule has 0 aromatic heterocycles. The van der Waals surface area contributed by atoms with Gasteiger partial charge in [-0.1, -0.05) is 70.4 Å². The highest BCUT2D eigenvalue weighted by Gasteiger charge is 2.30. The van der Waals surface area contributed by atoms with Crippen LogP contribution in [-0.2, 0) is 6.42 Å². The van der Waals surface area contributed by atoms with E-state index in [2.05, 4.69) is 6.92 Å². The van der Waals surface area contributed by atoms with E-state index in [1.54, 1.807) is 12.1 Å². The van der Waals surface area contributed by atoms with E-state index < -0.39 is 11.6 Å². The number of benzene rings is 1. The predicted molar refractivity (Wildman–Crippen MR) is 110 cm³/mol. The average Bonchev–Trinajstić information content (AvgIpc) is 2.70. The molecule has 2 saturated carbocycles. The minimum absolute atomic E-state index is 0.539. The number of hydrogen-bond donors (Lipinski definition) is 0. The van der Waals surface area contributed by atoms with Gasteiger partial charge in [0.05, 0.1) is 0 Å². The first-order valence-corrected chi connectivity index (χ1v) is 11.6. The Labute approximate surface area is 165 Å². The zero-order valence-electron chi connectivity index (χ0n) is 17.2. The normalized spacial score (nSPS) is 29.0. The van der Waals surface area contributed by atoms with E-state index in [1.807, 2.05) is 0 Å². The van der Waals surface area contributed by atoms with Gasteiger partial charge in [0.2, 0.25) is 0 Å². The van der Waals surface area contributed by atoms with Crippen molar-refractivity contribution in [1.82, 2.24) is 0 Å². The largest absolute Gasteiger partial charge is 0.204 e. The maximum atomic E-state index is 13.7. The Morgan fingerprint density at radius 3 is 1.96 bits per heavy atom. The van der Waals surface area contributed by atoms with E-state index in [-0.39, 0.29) is 0 Å². The van der Waals surface area contributed by atoms with Gasteiger partial charge >= 0.3 is 0 Å². The lowest BCUT2D eigenvalue weighted by atomic mass is 9.68. The Morgan fingerprint density at radius 1 is 0.778 bits per heavy atom. The summed E-state index contributed by atoms with van der Waals surface area (Å²) in [5.41, 5.74) is 0.539. The molecular weight excluding hydrogens is 338 g/mol. The molecule has 2 aliphatic carbocycles. The van der Waals surface area contributed by atoms with Gasteiger partial charge in [0.1, 0.15) is 0 Å². The molecule has 0 amide bonds. The first-order valence-electron chi connectivity index (χ1n) is 11.6. The lowest BCUT2D eigenvalue weighted by Gasteiger charge is -2.38. The van der Waals surface area contributed by atoms with Crippen molar-refractivity contribution >= 4 is 0 Å². The molecule has 0 unspecified atom stereocenters. The monoisotopic (exact) mass is 376 g/mol. The highest BCUT2D eigenvalue weighted by atomic mass is 19.2. The van der Waals surface area contributed by atoms with Gasteiger partial charge in [0, 0.05) is 0 Å². The third-order valence-corrected chi connectivity index (χ3v) is 7.49. The van der Waals surface area contributed by atoms with Crippen LogP contribution in [0.4, 0.5) is 8.78 Å². The Bertz CT molecular complexity index is 551. The Hall–Kier alpha value is -0.920. The van der Waals surface area contributed by atoms with E-state index in [0.29, 0.717) is 12.0 Å². The highest BCUT2D eigenvalue weighted by molar-refractivity contribution is 5.18. The number of aryl methyl sites for hydroxylation is 1. The second-order valence-corrected chi connectivity index (χ2v) is 9.31. The summed E-state index contributed by atoms with van der Waals surface area (Å²) in [5, 5.41) is 0. The van der Waals surface area contributed by atoms with Crippen molar-refractivity contribution in [2.45, 2.75) is 96.8 Å². The van der Waals surface area contributed by atoms with Crippen LogP contribution in [0.1, 0.15) is 96.0 Å². The van der Waals surface area contributed by atoms with E-state index in [1.165, 1.54) is 76.7 Å². The van der Waals surface area contributed by atoms with Gasteiger partial charge in [0.15, 0.2) is 11.6 Å². The van der Waals surface area contributed by atoms with Gasteiger partial charge in [-0.15, -0.1) is 0 Å². The van der Waals surface area contributed by atoms with Gasteiger partial charge in [-0.05, 0) is 73.8 Å². The van der Waals surface area contributed by atoms with Gasteiger partial charge < -0.3 is 0 Å². The maximum Gasteiger partial charge on any atom is 0.162 e. The summed E-state index contributed by atoms with van der Waals surface area (Å²) < 4.78 is 26.9. The highest BCUT2D eigenvalue weighted by Crippen LogP contribution is 2.43. The van der Waals surface area contributed by atoms with E-state index in [4.69, 9.17) is 0 Å². The molecule has 152 valence electrons. The third kappa shape index (κ3) is 6.03. The molecule has 0 aliphatic heterocycles. The van der Waals surface area contributed by atoms with Crippen LogP contribution in [0.25, 0.3) is 0 Å². The van der Waals surface area contributed by atoms with E-state index in [0.717, 1.165) is 36.5 Å². The molecule has 0 spiro atoms. The second kappa shape index (κ2) is 10.6.